The standard InChI is InChI=1S/C16H23F3N4O/c1-21(2)7-8-22-9-11-23(12-10-22)15(24)20-14-5-3-13(4-6-14)16(17,18)19/h3-6H,7-12H2,1-2H3,(H,20,24). The molecule has 0 aromatic heterocycles. The Hall–Kier alpha value is -1.80. The van der Waals surface area contributed by atoms with E-state index >= 15 is 0 Å². The summed E-state index contributed by atoms with van der Waals surface area (Å²) in [6.07, 6.45) is -4.37. The number of amides is 2. The van der Waals surface area contributed by atoms with Crippen LogP contribution in [0, 0.1) is 0 Å². The molecule has 0 aliphatic carbocycles. The summed E-state index contributed by atoms with van der Waals surface area (Å²) < 4.78 is 37.6. The quantitative estimate of drug-likeness (QED) is 0.912. The molecule has 0 unspecified atom stereocenters. The van der Waals surface area contributed by atoms with Crippen molar-refractivity contribution in [2.45, 2.75) is 6.18 Å². The molecule has 1 heterocycles. The number of nitrogens with zero attached hydrogens (tertiary/aromatic N) is 3. The summed E-state index contributed by atoms with van der Waals surface area (Å²) in [6.45, 7) is 4.75. The largest absolute Gasteiger partial charge is 0.416 e. The van der Waals surface area contributed by atoms with Crippen LogP contribution in [0.1, 0.15) is 5.56 Å². The van der Waals surface area contributed by atoms with Gasteiger partial charge in [0.25, 0.3) is 0 Å². The lowest BCUT2D eigenvalue weighted by Gasteiger charge is -2.35. The van der Waals surface area contributed by atoms with Crippen LogP contribution in [-0.2, 0) is 6.18 Å². The maximum absolute atomic E-state index is 12.5. The van der Waals surface area contributed by atoms with Gasteiger partial charge in [-0.25, -0.2) is 4.79 Å². The van der Waals surface area contributed by atoms with E-state index in [0.717, 1.165) is 38.3 Å². The van der Waals surface area contributed by atoms with Crippen LogP contribution in [0.25, 0.3) is 0 Å². The highest BCUT2D eigenvalue weighted by Crippen LogP contribution is 2.29. The third kappa shape index (κ3) is 5.38. The number of likely N-dealkylation sites (N-methyl/N-ethyl adjacent to an activating group) is 1. The molecule has 24 heavy (non-hydrogen) atoms. The van der Waals surface area contributed by atoms with Crippen molar-refractivity contribution in [1.82, 2.24) is 14.7 Å². The van der Waals surface area contributed by atoms with Crippen LogP contribution >= 0.6 is 0 Å². The van der Waals surface area contributed by atoms with E-state index in [2.05, 4.69) is 15.1 Å². The highest BCUT2D eigenvalue weighted by molar-refractivity contribution is 5.89. The molecule has 0 atom stereocenters. The van der Waals surface area contributed by atoms with Crippen molar-refractivity contribution in [3.63, 3.8) is 0 Å². The fourth-order valence-corrected chi connectivity index (χ4v) is 2.46. The minimum Gasteiger partial charge on any atom is -0.322 e. The maximum atomic E-state index is 12.5. The summed E-state index contributed by atoms with van der Waals surface area (Å²) in [7, 11) is 4.04. The van der Waals surface area contributed by atoms with E-state index in [4.69, 9.17) is 0 Å². The SMILES string of the molecule is CN(C)CCN1CCN(C(=O)Nc2ccc(C(F)(F)F)cc2)CC1. The molecule has 0 bridgehead atoms. The summed E-state index contributed by atoms with van der Waals surface area (Å²) in [4.78, 5) is 18.3. The predicted octanol–water partition coefficient (Wildman–Crippen LogP) is 2.42. The van der Waals surface area contributed by atoms with Crippen LogP contribution in [0.2, 0.25) is 0 Å². The summed E-state index contributed by atoms with van der Waals surface area (Å²) in [5.74, 6) is 0. The number of piperazine rings is 1. The van der Waals surface area contributed by atoms with Crippen molar-refractivity contribution < 1.29 is 18.0 Å². The van der Waals surface area contributed by atoms with Gasteiger partial charge in [0.15, 0.2) is 0 Å². The van der Waals surface area contributed by atoms with Crippen molar-refractivity contribution in [3.05, 3.63) is 29.8 Å². The minimum atomic E-state index is -4.37. The highest BCUT2D eigenvalue weighted by Gasteiger charge is 2.30. The van der Waals surface area contributed by atoms with Gasteiger partial charge in [-0.15, -0.1) is 0 Å². The molecule has 2 rings (SSSR count). The number of carbonyl (C=O) groups excluding carboxylic acids is 1. The Bertz CT molecular complexity index is 537. The van der Waals surface area contributed by atoms with Gasteiger partial charge in [0.2, 0.25) is 0 Å². The second-order valence-electron chi connectivity index (χ2n) is 6.14. The lowest BCUT2D eigenvalue weighted by atomic mass is 10.2. The van der Waals surface area contributed by atoms with E-state index in [1.807, 2.05) is 14.1 Å². The third-order valence-electron chi connectivity index (χ3n) is 3.99. The van der Waals surface area contributed by atoms with Gasteiger partial charge in [0.1, 0.15) is 0 Å². The molecule has 1 fully saturated rings. The van der Waals surface area contributed by atoms with Crippen molar-refractivity contribution >= 4 is 11.7 Å². The first-order valence-corrected chi connectivity index (χ1v) is 7.86. The van der Waals surface area contributed by atoms with Crippen LogP contribution < -0.4 is 5.32 Å². The average molecular weight is 344 g/mol. The van der Waals surface area contributed by atoms with Gasteiger partial charge in [-0.2, -0.15) is 13.2 Å². The summed E-state index contributed by atoms with van der Waals surface area (Å²) in [6, 6.07) is 4.20. The first-order chi connectivity index (χ1) is 11.3. The number of urea groups is 1. The lowest BCUT2D eigenvalue weighted by molar-refractivity contribution is -0.137. The highest BCUT2D eigenvalue weighted by atomic mass is 19.4. The number of anilines is 1. The van der Waals surface area contributed by atoms with Gasteiger partial charge < -0.3 is 15.1 Å². The number of benzene rings is 1. The Balaban J connectivity index is 1.81. The molecule has 134 valence electrons. The molecule has 0 spiro atoms. The Kier molecular flexibility index (Phi) is 6.06. The zero-order valence-corrected chi connectivity index (χ0v) is 13.9. The number of hydrogen-bond donors (Lipinski definition) is 1. The number of alkyl halides is 3. The monoisotopic (exact) mass is 344 g/mol. The second-order valence-corrected chi connectivity index (χ2v) is 6.14. The Morgan fingerprint density at radius 3 is 2.21 bits per heavy atom. The molecule has 1 aliphatic heterocycles. The average Bonchev–Trinajstić information content (AvgIpc) is 2.53. The van der Waals surface area contributed by atoms with Crippen LogP contribution in [0.4, 0.5) is 23.7 Å². The van der Waals surface area contributed by atoms with Gasteiger partial charge in [-0.1, -0.05) is 0 Å². The van der Waals surface area contributed by atoms with Crippen molar-refractivity contribution in [3.8, 4) is 0 Å². The van der Waals surface area contributed by atoms with Gasteiger partial charge >= 0.3 is 12.2 Å². The van der Waals surface area contributed by atoms with E-state index in [1.54, 1.807) is 4.90 Å². The smallest absolute Gasteiger partial charge is 0.322 e. The topological polar surface area (TPSA) is 38.8 Å². The fourth-order valence-electron chi connectivity index (χ4n) is 2.46. The van der Waals surface area contributed by atoms with E-state index in [9.17, 15) is 18.0 Å². The lowest BCUT2D eigenvalue weighted by Crippen LogP contribution is -2.51. The van der Waals surface area contributed by atoms with Crippen molar-refractivity contribution in [2.75, 3.05) is 58.7 Å². The maximum Gasteiger partial charge on any atom is 0.416 e. The van der Waals surface area contributed by atoms with Gasteiger partial charge in [-0.3, -0.25) is 4.90 Å². The van der Waals surface area contributed by atoms with Crippen molar-refractivity contribution in [1.29, 1.82) is 0 Å². The summed E-state index contributed by atoms with van der Waals surface area (Å²) >= 11 is 0. The Morgan fingerprint density at radius 1 is 1.12 bits per heavy atom. The number of rotatable bonds is 4. The molecule has 1 aliphatic rings. The summed E-state index contributed by atoms with van der Waals surface area (Å²) in [5, 5.41) is 2.65. The molecule has 1 aromatic rings. The van der Waals surface area contributed by atoms with E-state index < -0.39 is 11.7 Å². The number of hydrogen-bond acceptors (Lipinski definition) is 3. The first-order valence-electron chi connectivity index (χ1n) is 7.86. The molecule has 8 heteroatoms. The normalized spacial score (nSPS) is 16.5. The molecular formula is C16H23F3N4O. The molecule has 1 saturated heterocycles. The zero-order chi connectivity index (χ0) is 17.7. The van der Waals surface area contributed by atoms with Gasteiger partial charge in [0, 0.05) is 45.0 Å². The summed E-state index contributed by atoms with van der Waals surface area (Å²) in [5.41, 5.74) is -0.363. The molecule has 1 N–H and O–H groups in total. The van der Waals surface area contributed by atoms with Crippen LogP contribution in [0.15, 0.2) is 24.3 Å². The number of halogens is 3. The first kappa shape index (κ1) is 18.5. The Labute approximate surface area is 140 Å². The molecule has 0 radical (unpaired) electrons. The molecule has 0 saturated carbocycles. The fraction of sp³-hybridized carbons (Fsp3) is 0.562. The molecular weight excluding hydrogens is 321 g/mol. The number of carbonyl (C=O) groups is 1. The predicted molar refractivity (Wildman–Crippen MR) is 87.0 cm³/mol. The van der Waals surface area contributed by atoms with E-state index in [-0.39, 0.29) is 6.03 Å². The molecule has 5 nitrogen and oxygen atoms in total. The van der Waals surface area contributed by atoms with E-state index in [1.165, 1.54) is 12.1 Å². The number of nitrogens with one attached hydrogen (secondary N) is 1. The molecule has 2 amide bonds. The van der Waals surface area contributed by atoms with Crippen LogP contribution in [0.3, 0.4) is 0 Å². The minimum absolute atomic E-state index is 0.276. The third-order valence-corrected chi connectivity index (χ3v) is 3.99. The van der Waals surface area contributed by atoms with Crippen LogP contribution in [0.5, 0.6) is 0 Å². The van der Waals surface area contributed by atoms with Crippen LogP contribution in [-0.4, -0.2) is 74.1 Å². The van der Waals surface area contributed by atoms with Gasteiger partial charge in [0.05, 0.1) is 5.56 Å². The Morgan fingerprint density at radius 2 is 1.71 bits per heavy atom. The second kappa shape index (κ2) is 7.85. The molecule has 1 aromatic carbocycles. The van der Waals surface area contributed by atoms with E-state index in [0.29, 0.717) is 18.8 Å². The van der Waals surface area contributed by atoms with Gasteiger partial charge in [-0.05, 0) is 38.4 Å². The van der Waals surface area contributed by atoms with Crippen molar-refractivity contribution in [2.24, 2.45) is 0 Å². The zero-order valence-electron chi connectivity index (χ0n) is 13.9.